The molecule has 5 nitrogen and oxygen atoms in total. The maximum absolute atomic E-state index is 12.6. The Balaban J connectivity index is 1.25. The molecule has 0 aliphatic carbocycles. The third-order valence-electron chi connectivity index (χ3n) is 6.31. The van der Waals surface area contributed by atoms with Crippen LogP contribution >= 0.6 is 11.8 Å². The molecule has 1 aromatic rings. The zero-order chi connectivity index (χ0) is 22.7. The minimum absolute atomic E-state index is 0.00865. The number of fused-ring (bicyclic) bond motifs is 1. The van der Waals surface area contributed by atoms with E-state index < -0.39 is 0 Å². The Morgan fingerprint density at radius 1 is 1.38 bits per heavy atom. The second-order valence-electron chi connectivity index (χ2n) is 9.34. The second-order valence-corrected chi connectivity index (χ2v) is 10.4. The summed E-state index contributed by atoms with van der Waals surface area (Å²) in [4.78, 5) is 20.1. The van der Waals surface area contributed by atoms with E-state index in [0.717, 1.165) is 61.8 Å². The number of hydrogen-bond donors (Lipinski definition) is 1. The zero-order valence-electron chi connectivity index (χ0n) is 19.3. The minimum atomic E-state index is -0.108. The van der Waals surface area contributed by atoms with Crippen molar-refractivity contribution >= 4 is 22.7 Å². The Morgan fingerprint density at radius 2 is 2.16 bits per heavy atom. The first-order chi connectivity index (χ1) is 15.4. The topological polar surface area (TPSA) is 53.9 Å². The average molecular weight is 452 g/mol. The summed E-state index contributed by atoms with van der Waals surface area (Å²) >= 11 is 1.41. The van der Waals surface area contributed by atoms with E-state index in [-0.39, 0.29) is 11.5 Å². The highest BCUT2D eigenvalue weighted by Crippen LogP contribution is 2.38. The fourth-order valence-corrected chi connectivity index (χ4v) is 5.60. The van der Waals surface area contributed by atoms with E-state index in [9.17, 15) is 4.79 Å². The minimum Gasteiger partial charge on any atom is -0.487 e. The van der Waals surface area contributed by atoms with Crippen molar-refractivity contribution in [3.05, 3.63) is 64.7 Å². The summed E-state index contributed by atoms with van der Waals surface area (Å²) in [5, 5.41) is 3.97. The van der Waals surface area contributed by atoms with E-state index in [2.05, 4.69) is 53.8 Å². The van der Waals surface area contributed by atoms with E-state index in [1.807, 2.05) is 19.1 Å². The van der Waals surface area contributed by atoms with Gasteiger partial charge >= 0.3 is 0 Å². The fraction of sp³-hybridized carbons (Fsp3) is 0.462. The van der Waals surface area contributed by atoms with Crippen LogP contribution < -0.4 is 10.1 Å². The summed E-state index contributed by atoms with van der Waals surface area (Å²) in [6.07, 6.45) is 8.56. The maximum atomic E-state index is 12.6. The highest BCUT2D eigenvalue weighted by molar-refractivity contribution is 8.18. The van der Waals surface area contributed by atoms with Crippen LogP contribution in [0.25, 0.3) is 0 Å². The number of ether oxygens (including phenoxy) is 1. The van der Waals surface area contributed by atoms with Crippen LogP contribution in [-0.4, -0.2) is 41.1 Å². The molecule has 0 saturated carbocycles. The number of likely N-dealkylation sites (tertiary alicyclic amines) is 1. The molecule has 1 saturated heterocycles. The SMILES string of the molecule is C=CN=C1SC(C(=O)NCC2CCN(Cc3cccc4c3OC(C)(C)C4)CC2)=C/C1=C/C. The molecule has 6 heteroatoms. The number of carbonyl (C=O) groups is 1. The lowest BCUT2D eigenvalue weighted by atomic mass is 9.96. The Labute approximate surface area is 195 Å². The van der Waals surface area contributed by atoms with Gasteiger partial charge in [-0.2, -0.15) is 0 Å². The maximum Gasteiger partial charge on any atom is 0.258 e. The van der Waals surface area contributed by atoms with Crippen LogP contribution in [0.3, 0.4) is 0 Å². The number of para-hydroxylation sites is 1. The van der Waals surface area contributed by atoms with Crippen molar-refractivity contribution in [2.45, 2.75) is 52.2 Å². The number of nitrogens with zero attached hydrogens (tertiary/aromatic N) is 2. The number of thioether (sulfide) groups is 1. The number of benzene rings is 1. The number of allylic oxidation sites excluding steroid dienone is 2. The molecule has 1 aromatic carbocycles. The van der Waals surface area contributed by atoms with Gasteiger partial charge in [0, 0.05) is 36.8 Å². The van der Waals surface area contributed by atoms with Crippen molar-refractivity contribution in [1.82, 2.24) is 10.2 Å². The molecule has 0 atom stereocenters. The first-order valence-electron chi connectivity index (χ1n) is 11.4. The number of piperidine rings is 1. The fourth-order valence-electron chi connectivity index (χ4n) is 4.62. The molecule has 3 heterocycles. The number of aliphatic imine (C=N–C) groups is 1. The lowest BCUT2D eigenvalue weighted by Gasteiger charge is -2.32. The molecule has 1 N–H and O–H groups in total. The van der Waals surface area contributed by atoms with Crippen LogP contribution in [0.15, 0.2) is 58.6 Å². The van der Waals surface area contributed by atoms with Gasteiger partial charge in [0.15, 0.2) is 0 Å². The zero-order valence-corrected chi connectivity index (χ0v) is 20.1. The summed E-state index contributed by atoms with van der Waals surface area (Å²) in [5.41, 5.74) is 3.49. The van der Waals surface area contributed by atoms with Crippen molar-refractivity contribution < 1.29 is 9.53 Å². The van der Waals surface area contributed by atoms with Crippen LogP contribution in [0.2, 0.25) is 0 Å². The van der Waals surface area contributed by atoms with E-state index in [4.69, 9.17) is 4.74 Å². The molecular formula is C26H33N3O2S. The van der Waals surface area contributed by atoms with Crippen LogP contribution in [0.5, 0.6) is 5.75 Å². The van der Waals surface area contributed by atoms with Gasteiger partial charge in [-0.3, -0.25) is 9.69 Å². The van der Waals surface area contributed by atoms with Crippen molar-refractivity contribution in [1.29, 1.82) is 0 Å². The summed E-state index contributed by atoms with van der Waals surface area (Å²) in [6.45, 7) is 13.7. The number of rotatable bonds is 6. The predicted molar refractivity (Wildman–Crippen MR) is 133 cm³/mol. The number of nitrogens with one attached hydrogen (secondary N) is 1. The molecule has 32 heavy (non-hydrogen) atoms. The first kappa shape index (κ1) is 22.9. The largest absolute Gasteiger partial charge is 0.487 e. The van der Waals surface area contributed by atoms with Crippen LogP contribution in [0, 0.1) is 5.92 Å². The quantitative estimate of drug-likeness (QED) is 0.672. The highest BCUT2D eigenvalue weighted by atomic mass is 32.2. The van der Waals surface area contributed by atoms with Crippen molar-refractivity contribution in [2.75, 3.05) is 19.6 Å². The van der Waals surface area contributed by atoms with E-state index in [1.54, 1.807) is 0 Å². The third-order valence-corrected chi connectivity index (χ3v) is 7.37. The molecule has 170 valence electrons. The van der Waals surface area contributed by atoms with E-state index in [1.165, 1.54) is 29.1 Å². The van der Waals surface area contributed by atoms with Gasteiger partial charge in [0.25, 0.3) is 5.91 Å². The second kappa shape index (κ2) is 9.67. The van der Waals surface area contributed by atoms with Gasteiger partial charge in [-0.1, -0.05) is 42.6 Å². The molecule has 0 bridgehead atoms. The Hall–Kier alpha value is -2.31. The van der Waals surface area contributed by atoms with Crippen LogP contribution in [0.1, 0.15) is 44.7 Å². The summed E-state index contributed by atoms with van der Waals surface area (Å²) in [5.74, 6) is 1.60. The number of carbonyl (C=O) groups excluding carboxylic acids is 1. The number of amides is 1. The van der Waals surface area contributed by atoms with Gasteiger partial charge < -0.3 is 10.1 Å². The van der Waals surface area contributed by atoms with Gasteiger partial charge in [0.2, 0.25) is 0 Å². The average Bonchev–Trinajstić information content (AvgIpc) is 3.33. The third kappa shape index (κ3) is 5.18. The van der Waals surface area contributed by atoms with E-state index >= 15 is 0 Å². The Kier molecular flexibility index (Phi) is 6.91. The molecule has 4 rings (SSSR count). The lowest BCUT2D eigenvalue weighted by Crippen LogP contribution is -2.38. The molecule has 0 radical (unpaired) electrons. The highest BCUT2D eigenvalue weighted by Gasteiger charge is 2.32. The van der Waals surface area contributed by atoms with Crippen LogP contribution in [0.4, 0.5) is 0 Å². The van der Waals surface area contributed by atoms with E-state index in [0.29, 0.717) is 10.8 Å². The molecular weight excluding hydrogens is 418 g/mol. The molecule has 1 fully saturated rings. The summed E-state index contributed by atoms with van der Waals surface area (Å²) < 4.78 is 6.24. The Bertz CT molecular complexity index is 985. The van der Waals surface area contributed by atoms with Gasteiger partial charge in [0.1, 0.15) is 16.4 Å². The van der Waals surface area contributed by atoms with Crippen molar-refractivity contribution in [3.8, 4) is 5.75 Å². The smallest absolute Gasteiger partial charge is 0.258 e. The summed E-state index contributed by atoms with van der Waals surface area (Å²) in [6, 6.07) is 6.54. The van der Waals surface area contributed by atoms with Crippen LogP contribution in [-0.2, 0) is 17.8 Å². The molecule has 1 amide bonds. The predicted octanol–water partition coefficient (Wildman–Crippen LogP) is 4.85. The summed E-state index contributed by atoms with van der Waals surface area (Å²) in [7, 11) is 0. The van der Waals surface area contributed by atoms with Crippen molar-refractivity contribution in [2.24, 2.45) is 10.9 Å². The number of hydrogen-bond acceptors (Lipinski definition) is 5. The normalized spacial score (nSPS) is 23.2. The molecule has 3 aliphatic rings. The molecule has 3 aliphatic heterocycles. The molecule has 0 unspecified atom stereocenters. The molecule has 0 spiro atoms. The molecule has 0 aromatic heterocycles. The van der Waals surface area contributed by atoms with Gasteiger partial charge in [-0.15, -0.1) is 0 Å². The standard InChI is InChI=1S/C26H33N3O2S/c1-5-19-14-22(32-25(19)27-6-2)24(30)28-16-18-10-12-29(13-11-18)17-21-9-7-8-20-15-26(3,4)31-23(20)21/h5-9,14,18H,2,10-13,15-17H2,1,3-4H3,(H,28,30)/b19-5-,27-25?. The van der Waals surface area contributed by atoms with Gasteiger partial charge in [-0.05, 0) is 64.3 Å². The van der Waals surface area contributed by atoms with Gasteiger partial charge in [-0.25, -0.2) is 4.99 Å². The lowest BCUT2D eigenvalue weighted by molar-refractivity contribution is -0.117. The van der Waals surface area contributed by atoms with Crippen molar-refractivity contribution in [3.63, 3.8) is 0 Å². The van der Waals surface area contributed by atoms with Gasteiger partial charge in [0.05, 0.1) is 4.91 Å². The Morgan fingerprint density at radius 3 is 2.88 bits per heavy atom. The first-order valence-corrected chi connectivity index (χ1v) is 12.3. The monoisotopic (exact) mass is 451 g/mol.